The molecule has 0 aliphatic heterocycles. The number of nitrogens with one attached hydrogen (secondary N) is 1. The molecule has 0 rings (SSSR count). The molecule has 0 heterocycles. The number of carbonyl (C=O) groups excluding carboxylic acids is 2. The van der Waals surface area contributed by atoms with E-state index in [9.17, 15) is 34.1 Å². The molecule has 11 nitrogen and oxygen atoms in total. The van der Waals surface area contributed by atoms with Crippen molar-refractivity contribution in [2.75, 3.05) is 19.8 Å². The van der Waals surface area contributed by atoms with Gasteiger partial charge in [0, 0.05) is 12.8 Å². The molecule has 0 aliphatic carbocycles. The molecule has 0 saturated carbocycles. The summed E-state index contributed by atoms with van der Waals surface area (Å²) in [5.74, 6) is -2.36. The van der Waals surface area contributed by atoms with Crippen LogP contribution in [0.2, 0.25) is 0 Å². The van der Waals surface area contributed by atoms with Crippen molar-refractivity contribution < 1.29 is 47.8 Å². The first-order valence-corrected chi connectivity index (χ1v) is 27.0. The zero-order chi connectivity index (χ0) is 46.3. The van der Waals surface area contributed by atoms with Crippen LogP contribution in [0.25, 0.3) is 0 Å². The van der Waals surface area contributed by atoms with E-state index in [0.717, 1.165) is 57.8 Å². The topological polar surface area (TPSA) is 169 Å². The SMILES string of the molecule is CCCCC/C=C\C/C=C\C/C=C\CCCCCCCCCCCCC(=O)OCC(O)COP(=O)(O)OCC(NC(=O)CCCCCCCCCCCCCCCCCC)C(=O)O. The molecule has 63 heavy (non-hydrogen) atoms. The van der Waals surface area contributed by atoms with Gasteiger partial charge in [0.1, 0.15) is 12.7 Å². The van der Waals surface area contributed by atoms with Gasteiger partial charge in [-0.1, -0.05) is 211 Å². The molecule has 0 bridgehead atoms. The zero-order valence-electron chi connectivity index (χ0n) is 40.1. The molecule has 0 aliphatic rings. The number of aliphatic hydroxyl groups is 1. The molecule has 1 amide bonds. The highest BCUT2D eigenvalue weighted by molar-refractivity contribution is 7.47. The second-order valence-corrected chi connectivity index (χ2v) is 18.8. The van der Waals surface area contributed by atoms with Gasteiger partial charge in [0.25, 0.3) is 0 Å². The fraction of sp³-hybridized carbons (Fsp3) is 0.824. The van der Waals surface area contributed by atoms with E-state index in [4.69, 9.17) is 13.8 Å². The molecular formula is C51H94NO10P. The standard InChI is InChI=1S/C51H94NO10P/c1-3-5-7-9-11-13-15-17-19-21-22-23-24-25-26-27-29-31-33-35-37-39-41-43-50(55)60-44-47(53)45-61-63(58,59)62-46-48(51(56)57)52-49(54)42-40-38-36-34-32-30-28-20-18-16-14-12-10-8-6-4-2/h11,13,17,19,22-23,47-48,53H,3-10,12,14-16,18,20-21,24-46H2,1-2H3,(H,52,54)(H,56,57)(H,58,59)/b13-11-,19-17-,23-22-. The van der Waals surface area contributed by atoms with Gasteiger partial charge in [-0.3, -0.25) is 18.6 Å². The van der Waals surface area contributed by atoms with E-state index < -0.39 is 57.6 Å². The second-order valence-electron chi connectivity index (χ2n) is 17.4. The summed E-state index contributed by atoms with van der Waals surface area (Å²) in [5, 5.41) is 21.9. The van der Waals surface area contributed by atoms with Crippen molar-refractivity contribution in [3.8, 4) is 0 Å². The summed E-state index contributed by atoms with van der Waals surface area (Å²) in [6, 6.07) is -1.54. The van der Waals surface area contributed by atoms with E-state index in [2.05, 4.69) is 55.6 Å². The number of phosphoric ester groups is 1. The van der Waals surface area contributed by atoms with E-state index in [1.54, 1.807) is 0 Å². The number of aliphatic carboxylic acids is 1. The van der Waals surface area contributed by atoms with Crippen LogP contribution in [0.5, 0.6) is 0 Å². The number of unbranched alkanes of at least 4 members (excludes halogenated alkanes) is 28. The average Bonchev–Trinajstić information content (AvgIpc) is 3.26. The molecule has 0 radical (unpaired) electrons. The number of aliphatic hydroxyl groups excluding tert-OH is 1. The molecule has 368 valence electrons. The Morgan fingerprint density at radius 1 is 0.508 bits per heavy atom. The van der Waals surface area contributed by atoms with Gasteiger partial charge in [0.05, 0.1) is 13.2 Å². The van der Waals surface area contributed by atoms with Crippen LogP contribution in [0.1, 0.15) is 239 Å². The van der Waals surface area contributed by atoms with Crippen molar-refractivity contribution in [3.05, 3.63) is 36.5 Å². The van der Waals surface area contributed by atoms with E-state index in [1.165, 1.54) is 141 Å². The smallest absolute Gasteiger partial charge is 0.472 e. The maximum atomic E-state index is 12.3. The van der Waals surface area contributed by atoms with Crippen molar-refractivity contribution in [3.63, 3.8) is 0 Å². The van der Waals surface area contributed by atoms with Crippen molar-refractivity contribution in [2.24, 2.45) is 0 Å². The summed E-state index contributed by atoms with van der Waals surface area (Å²) in [7, 11) is -4.76. The van der Waals surface area contributed by atoms with E-state index in [0.29, 0.717) is 12.8 Å². The number of hydrogen-bond acceptors (Lipinski definition) is 8. The summed E-state index contributed by atoms with van der Waals surface area (Å²) in [4.78, 5) is 46.1. The monoisotopic (exact) mass is 912 g/mol. The minimum Gasteiger partial charge on any atom is -0.480 e. The molecule has 3 unspecified atom stereocenters. The van der Waals surface area contributed by atoms with Gasteiger partial charge >= 0.3 is 19.8 Å². The Balaban J connectivity index is 3.81. The number of hydrogen-bond donors (Lipinski definition) is 4. The number of carbonyl (C=O) groups is 3. The molecule has 0 aromatic rings. The molecule has 12 heteroatoms. The van der Waals surface area contributed by atoms with Gasteiger partial charge in [-0.2, -0.15) is 0 Å². The average molecular weight is 912 g/mol. The molecule has 0 fully saturated rings. The number of amides is 1. The zero-order valence-corrected chi connectivity index (χ0v) is 41.0. The van der Waals surface area contributed by atoms with Crippen LogP contribution in [0.15, 0.2) is 36.5 Å². The molecule has 4 N–H and O–H groups in total. The number of rotatable bonds is 48. The molecule has 0 aromatic carbocycles. The molecule has 0 aromatic heterocycles. The second kappa shape index (κ2) is 46.2. The summed E-state index contributed by atoms with van der Waals surface area (Å²) in [5.41, 5.74) is 0. The summed E-state index contributed by atoms with van der Waals surface area (Å²) in [6.07, 6.45) is 51.6. The van der Waals surface area contributed by atoms with Crippen molar-refractivity contribution in [2.45, 2.75) is 251 Å². The third-order valence-electron chi connectivity index (χ3n) is 11.2. The summed E-state index contributed by atoms with van der Waals surface area (Å²) >= 11 is 0. The first kappa shape index (κ1) is 60.7. The third-order valence-corrected chi connectivity index (χ3v) is 12.1. The Morgan fingerprint density at radius 3 is 1.33 bits per heavy atom. The summed E-state index contributed by atoms with van der Waals surface area (Å²) in [6.45, 7) is 2.60. The van der Waals surface area contributed by atoms with E-state index >= 15 is 0 Å². The van der Waals surface area contributed by atoms with Crippen LogP contribution in [0, 0.1) is 0 Å². The summed E-state index contributed by atoms with van der Waals surface area (Å²) < 4.78 is 26.9. The van der Waals surface area contributed by atoms with Crippen LogP contribution < -0.4 is 5.32 Å². The predicted octanol–water partition coefficient (Wildman–Crippen LogP) is 14.0. The van der Waals surface area contributed by atoms with E-state index in [-0.39, 0.29) is 12.8 Å². The van der Waals surface area contributed by atoms with Gasteiger partial charge in [0.15, 0.2) is 6.04 Å². The lowest BCUT2D eigenvalue weighted by Gasteiger charge is -2.18. The highest BCUT2D eigenvalue weighted by Gasteiger charge is 2.28. The first-order chi connectivity index (χ1) is 30.6. The van der Waals surface area contributed by atoms with Crippen molar-refractivity contribution >= 4 is 25.7 Å². The number of phosphoric acid groups is 1. The normalized spacial score (nSPS) is 13.8. The van der Waals surface area contributed by atoms with E-state index in [1.807, 2.05) is 0 Å². The predicted molar refractivity (Wildman–Crippen MR) is 259 cm³/mol. The Kier molecular flexibility index (Phi) is 44.5. The Bertz CT molecular complexity index is 1210. The molecule has 3 atom stereocenters. The number of carboxylic acid groups (broad SMARTS) is 1. The maximum Gasteiger partial charge on any atom is 0.472 e. The van der Waals surface area contributed by atoms with Gasteiger partial charge in [-0.15, -0.1) is 0 Å². The largest absolute Gasteiger partial charge is 0.480 e. The van der Waals surface area contributed by atoms with Crippen LogP contribution in [-0.2, 0) is 32.7 Å². The Hall–Kier alpha value is -2.30. The van der Waals surface area contributed by atoms with Crippen LogP contribution in [0.3, 0.4) is 0 Å². The van der Waals surface area contributed by atoms with Crippen molar-refractivity contribution in [1.29, 1.82) is 0 Å². The fourth-order valence-corrected chi connectivity index (χ4v) is 7.98. The Labute approximate surface area is 384 Å². The maximum absolute atomic E-state index is 12.3. The van der Waals surface area contributed by atoms with Gasteiger partial charge in [0.2, 0.25) is 5.91 Å². The highest BCUT2D eigenvalue weighted by atomic mass is 31.2. The Morgan fingerprint density at radius 2 is 0.873 bits per heavy atom. The van der Waals surface area contributed by atoms with Crippen LogP contribution >= 0.6 is 7.82 Å². The van der Waals surface area contributed by atoms with Crippen LogP contribution in [-0.4, -0.2) is 64.9 Å². The minimum atomic E-state index is -4.76. The highest BCUT2D eigenvalue weighted by Crippen LogP contribution is 2.43. The van der Waals surface area contributed by atoms with Crippen molar-refractivity contribution in [1.82, 2.24) is 5.32 Å². The third kappa shape index (κ3) is 46.0. The lowest BCUT2D eigenvalue weighted by Crippen LogP contribution is -2.43. The van der Waals surface area contributed by atoms with Gasteiger partial charge in [-0.05, 0) is 51.4 Å². The van der Waals surface area contributed by atoms with Gasteiger partial charge in [-0.25, -0.2) is 9.36 Å². The first-order valence-electron chi connectivity index (χ1n) is 25.5. The quantitative estimate of drug-likeness (QED) is 0.0199. The number of carboxylic acids is 1. The fourth-order valence-electron chi connectivity index (χ4n) is 7.21. The lowest BCUT2D eigenvalue weighted by atomic mass is 10.0. The lowest BCUT2D eigenvalue weighted by molar-refractivity contribution is -0.147. The van der Waals surface area contributed by atoms with Gasteiger partial charge < -0.3 is 25.2 Å². The molecule has 0 saturated heterocycles. The molecular weight excluding hydrogens is 818 g/mol. The number of esters is 1. The number of allylic oxidation sites excluding steroid dienone is 6. The molecule has 0 spiro atoms. The minimum absolute atomic E-state index is 0.149. The number of ether oxygens (including phenoxy) is 1. The van der Waals surface area contributed by atoms with Crippen LogP contribution in [0.4, 0.5) is 0 Å².